The SMILES string of the molecule is Nc1cc(N2CC3CCC(C2)O3)ccc1S(N)(=O)=O. The lowest BCUT2D eigenvalue weighted by Crippen LogP contribution is -2.42. The number of morpholine rings is 1. The van der Waals surface area contributed by atoms with Crippen molar-refractivity contribution in [2.45, 2.75) is 29.9 Å². The average molecular weight is 283 g/mol. The lowest BCUT2D eigenvalue weighted by atomic mass is 10.2. The molecule has 2 aliphatic heterocycles. The van der Waals surface area contributed by atoms with E-state index in [-0.39, 0.29) is 22.8 Å². The van der Waals surface area contributed by atoms with Crippen LogP contribution in [-0.2, 0) is 14.8 Å². The summed E-state index contributed by atoms with van der Waals surface area (Å²) in [7, 11) is -3.76. The number of primary sulfonamides is 1. The molecule has 2 heterocycles. The quantitative estimate of drug-likeness (QED) is 0.760. The number of nitrogens with two attached hydrogens (primary N) is 2. The molecule has 2 bridgehead atoms. The molecule has 1 aromatic carbocycles. The zero-order chi connectivity index (χ0) is 13.6. The van der Waals surface area contributed by atoms with Crippen LogP contribution in [0.4, 0.5) is 11.4 Å². The van der Waals surface area contributed by atoms with Crippen LogP contribution in [0.5, 0.6) is 0 Å². The van der Waals surface area contributed by atoms with E-state index in [9.17, 15) is 8.42 Å². The predicted molar refractivity (Wildman–Crippen MR) is 72.3 cm³/mol. The van der Waals surface area contributed by atoms with Crippen molar-refractivity contribution in [3.05, 3.63) is 18.2 Å². The number of ether oxygens (including phenoxy) is 1. The van der Waals surface area contributed by atoms with E-state index in [1.54, 1.807) is 12.1 Å². The number of sulfonamides is 1. The molecule has 4 N–H and O–H groups in total. The third-order valence-corrected chi connectivity index (χ3v) is 4.69. The summed E-state index contributed by atoms with van der Waals surface area (Å²) >= 11 is 0. The summed E-state index contributed by atoms with van der Waals surface area (Å²) in [6.45, 7) is 1.65. The molecule has 0 spiro atoms. The smallest absolute Gasteiger partial charge is 0.240 e. The standard InChI is InChI=1S/C12H17N3O3S/c13-11-5-8(1-4-12(11)19(14,16)17)15-6-9-2-3-10(7-15)18-9/h1,4-5,9-10H,2-3,6-7,13H2,(H2,14,16,17). The maximum Gasteiger partial charge on any atom is 0.240 e. The van der Waals surface area contributed by atoms with Crippen molar-refractivity contribution in [3.8, 4) is 0 Å². The summed E-state index contributed by atoms with van der Waals surface area (Å²) in [4.78, 5) is 2.17. The number of rotatable bonds is 2. The van der Waals surface area contributed by atoms with Gasteiger partial charge >= 0.3 is 0 Å². The van der Waals surface area contributed by atoms with Crippen LogP contribution in [0.1, 0.15) is 12.8 Å². The molecule has 0 aromatic heterocycles. The van der Waals surface area contributed by atoms with Crippen molar-refractivity contribution in [3.63, 3.8) is 0 Å². The molecule has 2 saturated heterocycles. The molecule has 0 aliphatic carbocycles. The van der Waals surface area contributed by atoms with Gasteiger partial charge in [0.05, 0.1) is 17.9 Å². The second-order valence-electron chi connectivity index (χ2n) is 5.13. The highest BCUT2D eigenvalue weighted by Gasteiger charge is 2.33. The highest BCUT2D eigenvalue weighted by Crippen LogP contribution is 2.31. The van der Waals surface area contributed by atoms with E-state index < -0.39 is 10.0 Å². The second-order valence-corrected chi connectivity index (χ2v) is 6.66. The van der Waals surface area contributed by atoms with Gasteiger partial charge in [0, 0.05) is 18.8 Å². The Hall–Kier alpha value is -1.31. The largest absolute Gasteiger partial charge is 0.398 e. The first-order valence-corrected chi connectivity index (χ1v) is 7.81. The summed E-state index contributed by atoms with van der Waals surface area (Å²) < 4.78 is 28.4. The minimum atomic E-state index is -3.76. The molecule has 0 radical (unpaired) electrons. The van der Waals surface area contributed by atoms with Gasteiger partial charge in [0.15, 0.2) is 0 Å². The Morgan fingerprint density at radius 1 is 1.21 bits per heavy atom. The molecule has 2 atom stereocenters. The Kier molecular flexibility index (Phi) is 2.92. The van der Waals surface area contributed by atoms with Gasteiger partial charge in [0.2, 0.25) is 10.0 Å². The summed E-state index contributed by atoms with van der Waals surface area (Å²) in [5.41, 5.74) is 6.90. The third kappa shape index (κ3) is 2.41. The van der Waals surface area contributed by atoms with E-state index in [0.29, 0.717) is 0 Å². The molecule has 2 aliphatic rings. The number of nitrogen functional groups attached to an aromatic ring is 1. The summed E-state index contributed by atoms with van der Waals surface area (Å²) in [5, 5.41) is 5.10. The minimum Gasteiger partial charge on any atom is -0.398 e. The van der Waals surface area contributed by atoms with E-state index in [0.717, 1.165) is 31.6 Å². The van der Waals surface area contributed by atoms with Crippen LogP contribution in [-0.4, -0.2) is 33.7 Å². The molecular formula is C12H17N3O3S. The van der Waals surface area contributed by atoms with E-state index in [2.05, 4.69) is 4.90 Å². The second kappa shape index (κ2) is 4.36. The number of hydrogen-bond donors (Lipinski definition) is 2. The van der Waals surface area contributed by atoms with Crippen molar-refractivity contribution in [1.82, 2.24) is 0 Å². The van der Waals surface area contributed by atoms with Crippen LogP contribution >= 0.6 is 0 Å². The highest BCUT2D eigenvalue weighted by atomic mass is 32.2. The molecule has 0 amide bonds. The number of benzene rings is 1. The van der Waals surface area contributed by atoms with Gasteiger partial charge in [-0.05, 0) is 31.0 Å². The third-order valence-electron chi connectivity index (χ3n) is 3.71. The van der Waals surface area contributed by atoms with Crippen LogP contribution in [0.15, 0.2) is 23.1 Å². The first-order valence-electron chi connectivity index (χ1n) is 6.26. The Morgan fingerprint density at radius 3 is 2.37 bits per heavy atom. The van der Waals surface area contributed by atoms with Gasteiger partial charge in [-0.3, -0.25) is 0 Å². The lowest BCUT2D eigenvalue weighted by molar-refractivity contribution is 0.0305. The monoisotopic (exact) mass is 283 g/mol. The average Bonchev–Trinajstić information content (AvgIpc) is 2.66. The molecule has 19 heavy (non-hydrogen) atoms. The van der Waals surface area contributed by atoms with Gasteiger partial charge in [-0.15, -0.1) is 0 Å². The Balaban J connectivity index is 1.88. The predicted octanol–water partition coefficient (Wildman–Crippen LogP) is 0.284. The van der Waals surface area contributed by atoms with Crippen LogP contribution in [0.3, 0.4) is 0 Å². The first-order chi connectivity index (χ1) is 8.93. The fourth-order valence-electron chi connectivity index (χ4n) is 2.82. The van der Waals surface area contributed by atoms with E-state index in [4.69, 9.17) is 15.6 Å². The summed E-state index contributed by atoms with van der Waals surface area (Å²) in [5.74, 6) is 0. The normalized spacial score (nSPS) is 26.7. The molecule has 7 heteroatoms. The molecule has 0 saturated carbocycles. The van der Waals surface area contributed by atoms with Crippen molar-refractivity contribution < 1.29 is 13.2 Å². The van der Waals surface area contributed by atoms with Crippen LogP contribution in [0.25, 0.3) is 0 Å². The van der Waals surface area contributed by atoms with E-state index in [1.165, 1.54) is 6.07 Å². The van der Waals surface area contributed by atoms with Crippen molar-refractivity contribution in [2.75, 3.05) is 23.7 Å². The van der Waals surface area contributed by atoms with Crippen molar-refractivity contribution in [1.29, 1.82) is 0 Å². The Bertz CT molecular complexity index is 590. The fourth-order valence-corrected chi connectivity index (χ4v) is 3.46. The van der Waals surface area contributed by atoms with Crippen molar-refractivity contribution >= 4 is 21.4 Å². The fraction of sp³-hybridized carbons (Fsp3) is 0.500. The molecule has 104 valence electrons. The van der Waals surface area contributed by atoms with Gasteiger partial charge in [-0.1, -0.05) is 0 Å². The van der Waals surface area contributed by atoms with Crippen LogP contribution in [0, 0.1) is 0 Å². The van der Waals surface area contributed by atoms with Crippen molar-refractivity contribution in [2.24, 2.45) is 5.14 Å². The van der Waals surface area contributed by atoms with E-state index in [1.807, 2.05) is 0 Å². The lowest BCUT2D eigenvalue weighted by Gasteiger charge is -2.34. The molecule has 2 unspecified atom stereocenters. The highest BCUT2D eigenvalue weighted by molar-refractivity contribution is 7.89. The molecule has 1 aromatic rings. The van der Waals surface area contributed by atoms with Gasteiger partial charge in [-0.25, -0.2) is 13.6 Å². The Labute approximate surface area is 112 Å². The van der Waals surface area contributed by atoms with Crippen LogP contribution < -0.4 is 15.8 Å². The summed E-state index contributed by atoms with van der Waals surface area (Å²) in [6.07, 6.45) is 2.73. The maximum atomic E-state index is 11.3. The van der Waals surface area contributed by atoms with Gasteiger partial charge in [0.1, 0.15) is 4.90 Å². The molecule has 6 nitrogen and oxygen atoms in total. The summed E-state index contributed by atoms with van der Waals surface area (Å²) in [6, 6.07) is 4.89. The van der Waals surface area contributed by atoms with E-state index >= 15 is 0 Å². The zero-order valence-electron chi connectivity index (χ0n) is 10.5. The minimum absolute atomic E-state index is 0.0209. The van der Waals surface area contributed by atoms with Crippen LogP contribution in [0.2, 0.25) is 0 Å². The molecular weight excluding hydrogens is 266 g/mol. The van der Waals surface area contributed by atoms with Gasteiger partial charge in [-0.2, -0.15) is 0 Å². The topological polar surface area (TPSA) is 98.6 Å². The number of hydrogen-bond acceptors (Lipinski definition) is 5. The first kappa shape index (κ1) is 12.7. The van der Waals surface area contributed by atoms with Gasteiger partial charge in [0.25, 0.3) is 0 Å². The number of fused-ring (bicyclic) bond motifs is 2. The zero-order valence-corrected chi connectivity index (χ0v) is 11.3. The number of anilines is 2. The van der Waals surface area contributed by atoms with Gasteiger partial charge < -0.3 is 15.4 Å². The molecule has 2 fully saturated rings. The number of nitrogens with zero attached hydrogens (tertiary/aromatic N) is 1. The molecule has 3 rings (SSSR count). The maximum absolute atomic E-state index is 11.3. The Morgan fingerprint density at radius 2 is 1.84 bits per heavy atom.